The highest BCUT2D eigenvalue weighted by Crippen LogP contribution is 2.64. The molecule has 0 fully saturated rings. The van der Waals surface area contributed by atoms with Crippen LogP contribution in [0.1, 0.15) is 59.3 Å². The van der Waals surface area contributed by atoms with Gasteiger partial charge in [-0.05, 0) is 54.3 Å². The van der Waals surface area contributed by atoms with Crippen molar-refractivity contribution in [3.63, 3.8) is 0 Å². The lowest BCUT2D eigenvalue weighted by molar-refractivity contribution is 0.0696. The Hall–Kier alpha value is -2.13. The van der Waals surface area contributed by atoms with Gasteiger partial charge in [0.2, 0.25) is 0 Å². The third kappa shape index (κ3) is 1.38. The maximum absolute atomic E-state index is 11.5. The van der Waals surface area contributed by atoms with Crippen molar-refractivity contribution in [2.24, 2.45) is 0 Å². The highest BCUT2D eigenvalue weighted by atomic mass is 16.4. The summed E-state index contributed by atoms with van der Waals surface area (Å²) in [5.41, 5.74) is 5.17. The molecule has 2 bridgehead atoms. The summed E-state index contributed by atoms with van der Waals surface area (Å²) in [4.78, 5) is 13.9. The molecule has 2 atom stereocenters. The quantitative estimate of drug-likeness (QED) is 0.933. The van der Waals surface area contributed by atoms with E-state index in [9.17, 15) is 9.90 Å². The molecule has 0 radical (unpaired) electrons. The maximum Gasteiger partial charge on any atom is 0.335 e. The first kappa shape index (κ1) is 14.5. The van der Waals surface area contributed by atoms with E-state index in [1.54, 1.807) is 6.07 Å². The van der Waals surface area contributed by atoms with Crippen LogP contribution >= 0.6 is 0 Å². The predicted octanol–water partition coefficient (Wildman–Crippen LogP) is 3.95. The van der Waals surface area contributed by atoms with Crippen molar-refractivity contribution >= 4 is 5.97 Å². The Labute approximate surface area is 136 Å². The van der Waals surface area contributed by atoms with Gasteiger partial charge in [-0.15, -0.1) is 0 Å². The third-order valence-electron chi connectivity index (χ3n) is 6.14. The number of benzene rings is 2. The average molecular weight is 307 g/mol. The van der Waals surface area contributed by atoms with Crippen molar-refractivity contribution in [1.29, 1.82) is 0 Å². The van der Waals surface area contributed by atoms with E-state index >= 15 is 0 Å². The fraction of sp³-hybridized carbons (Fsp3) is 0.350. The van der Waals surface area contributed by atoms with Crippen LogP contribution in [0.5, 0.6) is 0 Å². The fourth-order valence-corrected chi connectivity index (χ4v) is 5.16. The normalized spacial score (nSPS) is 27.8. The Morgan fingerprint density at radius 3 is 2.00 bits per heavy atom. The van der Waals surface area contributed by atoms with Crippen molar-refractivity contribution < 1.29 is 9.90 Å². The number of hydrogen-bond donors (Lipinski definition) is 1. The van der Waals surface area contributed by atoms with Gasteiger partial charge in [0.1, 0.15) is 0 Å². The number of carboxylic acids is 1. The lowest BCUT2D eigenvalue weighted by Crippen LogP contribution is -2.42. The molecule has 0 saturated heterocycles. The molecule has 2 heterocycles. The van der Waals surface area contributed by atoms with Crippen LogP contribution in [0.3, 0.4) is 0 Å². The Balaban J connectivity index is 2.12. The molecule has 2 unspecified atom stereocenters. The molecule has 2 aromatic rings. The first-order valence-electron chi connectivity index (χ1n) is 8.26. The van der Waals surface area contributed by atoms with Crippen LogP contribution in [0.2, 0.25) is 0 Å². The molecule has 0 amide bonds. The summed E-state index contributed by atoms with van der Waals surface area (Å²) in [6, 6.07) is 14.3. The van der Waals surface area contributed by atoms with Gasteiger partial charge >= 0.3 is 5.97 Å². The molecule has 23 heavy (non-hydrogen) atoms. The van der Waals surface area contributed by atoms with E-state index < -0.39 is 5.97 Å². The van der Waals surface area contributed by atoms with E-state index in [-0.39, 0.29) is 11.1 Å². The summed E-state index contributed by atoms with van der Waals surface area (Å²) in [5.74, 6) is -0.858. The number of carboxylic acid groups (broad SMARTS) is 1. The van der Waals surface area contributed by atoms with Crippen LogP contribution in [-0.4, -0.2) is 23.0 Å². The first-order valence-corrected chi connectivity index (χ1v) is 8.26. The molecule has 2 aromatic carbocycles. The molecule has 0 aliphatic carbocycles. The third-order valence-corrected chi connectivity index (χ3v) is 6.14. The van der Waals surface area contributed by atoms with Crippen molar-refractivity contribution in [2.75, 3.05) is 7.05 Å². The van der Waals surface area contributed by atoms with Gasteiger partial charge in [-0.3, -0.25) is 4.90 Å². The zero-order chi connectivity index (χ0) is 16.4. The van der Waals surface area contributed by atoms with Gasteiger partial charge in [0.15, 0.2) is 0 Å². The van der Waals surface area contributed by atoms with E-state index in [0.717, 1.165) is 12.8 Å². The predicted molar refractivity (Wildman–Crippen MR) is 89.7 cm³/mol. The minimum absolute atomic E-state index is 0.140. The lowest BCUT2D eigenvalue weighted by atomic mass is 9.70. The Morgan fingerprint density at radius 1 is 0.957 bits per heavy atom. The van der Waals surface area contributed by atoms with Crippen LogP contribution in [0.15, 0.2) is 42.5 Å². The van der Waals surface area contributed by atoms with Crippen LogP contribution in [0.25, 0.3) is 0 Å². The molecule has 3 nitrogen and oxygen atoms in total. The van der Waals surface area contributed by atoms with Gasteiger partial charge in [-0.25, -0.2) is 4.79 Å². The molecule has 2 aliphatic rings. The lowest BCUT2D eigenvalue weighted by Gasteiger charge is -2.36. The number of fused-ring (bicyclic) bond motifs is 8. The molecule has 0 aromatic heterocycles. The SMILES string of the molecule is CCC12c3ccccc3C(CC)(c3cc(C(=O)O)ccc31)N2C. The second kappa shape index (κ2) is 4.45. The van der Waals surface area contributed by atoms with Gasteiger partial charge in [0.05, 0.1) is 16.6 Å². The number of carbonyl (C=O) groups is 1. The summed E-state index contributed by atoms with van der Waals surface area (Å²) < 4.78 is 0. The molecule has 4 rings (SSSR count). The van der Waals surface area contributed by atoms with Gasteiger partial charge < -0.3 is 5.11 Å². The molecular weight excluding hydrogens is 286 g/mol. The minimum Gasteiger partial charge on any atom is -0.478 e. The molecule has 118 valence electrons. The standard InChI is InChI=1S/C20H21NO2/c1-4-19-14-8-6-7-9-15(14)20(5-2,21(19)3)17-12-13(18(22)23)10-11-16(17)19/h6-12H,4-5H2,1-3H3,(H,22,23). The van der Waals surface area contributed by atoms with Gasteiger partial charge in [0.25, 0.3) is 0 Å². The Kier molecular flexibility index (Phi) is 2.80. The number of aromatic carboxylic acids is 1. The number of hydrogen-bond acceptors (Lipinski definition) is 2. The van der Waals surface area contributed by atoms with Crippen LogP contribution in [0, 0.1) is 0 Å². The van der Waals surface area contributed by atoms with Gasteiger partial charge in [0, 0.05) is 0 Å². The number of nitrogens with zero attached hydrogens (tertiary/aromatic N) is 1. The summed E-state index contributed by atoms with van der Waals surface area (Å²) in [6.07, 6.45) is 1.90. The molecule has 3 heteroatoms. The van der Waals surface area contributed by atoms with Gasteiger partial charge in [-0.1, -0.05) is 44.2 Å². The molecule has 0 spiro atoms. The topological polar surface area (TPSA) is 40.5 Å². The Morgan fingerprint density at radius 2 is 1.48 bits per heavy atom. The fourth-order valence-electron chi connectivity index (χ4n) is 5.16. The van der Waals surface area contributed by atoms with E-state index in [1.165, 1.54) is 22.3 Å². The largest absolute Gasteiger partial charge is 0.478 e. The molecule has 2 aliphatic heterocycles. The van der Waals surface area contributed by atoms with Crippen LogP contribution in [-0.2, 0) is 11.1 Å². The van der Waals surface area contributed by atoms with Crippen molar-refractivity contribution in [3.05, 3.63) is 70.3 Å². The second-order valence-corrected chi connectivity index (χ2v) is 6.60. The highest BCUT2D eigenvalue weighted by Gasteiger charge is 2.63. The second-order valence-electron chi connectivity index (χ2n) is 6.60. The first-order chi connectivity index (χ1) is 11.0. The van der Waals surface area contributed by atoms with Crippen LogP contribution in [0.4, 0.5) is 0 Å². The highest BCUT2D eigenvalue weighted by molar-refractivity contribution is 5.88. The molecule has 1 N–H and O–H groups in total. The molecule has 0 saturated carbocycles. The van der Waals surface area contributed by atoms with Crippen LogP contribution < -0.4 is 0 Å². The monoisotopic (exact) mass is 307 g/mol. The van der Waals surface area contributed by atoms with E-state index in [0.29, 0.717) is 5.56 Å². The van der Waals surface area contributed by atoms with Gasteiger partial charge in [-0.2, -0.15) is 0 Å². The summed E-state index contributed by atoms with van der Waals surface area (Å²) >= 11 is 0. The van der Waals surface area contributed by atoms with E-state index in [2.05, 4.69) is 50.1 Å². The maximum atomic E-state index is 11.5. The zero-order valence-corrected chi connectivity index (χ0v) is 13.8. The smallest absolute Gasteiger partial charge is 0.335 e. The van der Waals surface area contributed by atoms with E-state index in [4.69, 9.17) is 0 Å². The van der Waals surface area contributed by atoms with Crippen molar-refractivity contribution in [1.82, 2.24) is 4.90 Å². The molecular formula is C20H21NO2. The average Bonchev–Trinajstić information content (AvgIpc) is 2.94. The zero-order valence-electron chi connectivity index (χ0n) is 13.8. The Bertz CT molecular complexity index is 828. The van der Waals surface area contributed by atoms with Crippen molar-refractivity contribution in [2.45, 2.75) is 37.8 Å². The summed E-state index contributed by atoms with van der Waals surface area (Å²) in [6.45, 7) is 4.42. The van der Waals surface area contributed by atoms with Crippen molar-refractivity contribution in [3.8, 4) is 0 Å². The summed E-state index contributed by atoms with van der Waals surface area (Å²) in [7, 11) is 2.19. The summed E-state index contributed by atoms with van der Waals surface area (Å²) in [5, 5.41) is 9.41. The number of rotatable bonds is 3. The van der Waals surface area contributed by atoms with E-state index in [1.807, 2.05) is 12.1 Å². The minimum atomic E-state index is -0.858.